The van der Waals surface area contributed by atoms with Gasteiger partial charge >= 0.3 is 6.09 Å². The Bertz CT molecular complexity index is 601. The third-order valence-corrected chi connectivity index (χ3v) is 3.75. The van der Waals surface area contributed by atoms with Crippen molar-refractivity contribution in [3.8, 4) is 0 Å². The van der Waals surface area contributed by atoms with Gasteiger partial charge in [0, 0.05) is 12.2 Å². The molecule has 0 aromatic heterocycles. The van der Waals surface area contributed by atoms with Crippen LogP contribution in [0.4, 0.5) is 14.9 Å². The molecular formula is C15H18BrFN2O3. The van der Waals surface area contributed by atoms with Crippen LogP contribution in [0.15, 0.2) is 22.7 Å². The van der Waals surface area contributed by atoms with Gasteiger partial charge in [0.05, 0.1) is 4.47 Å². The Hall–Kier alpha value is -1.63. The van der Waals surface area contributed by atoms with Crippen LogP contribution in [0.1, 0.15) is 27.2 Å². The monoisotopic (exact) mass is 372 g/mol. The highest BCUT2D eigenvalue weighted by Gasteiger charge is 2.34. The lowest BCUT2D eigenvalue weighted by Gasteiger charge is -2.21. The zero-order valence-electron chi connectivity index (χ0n) is 12.7. The average molecular weight is 373 g/mol. The number of amides is 2. The molecule has 1 atom stereocenters. The molecular weight excluding hydrogens is 355 g/mol. The second kappa shape index (κ2) is 6.24. The zero-order valence-corrected chi connectivity index (χ0v) is 14.2. The molecule has 0 aliphatic carbocycles. The summed E-state index contributed by atoms with van der Waals surface area (Å²) in [6, 6.07) is 3.84. The van der Waals surface area contributed by atoms with Gasteiger partial charge in [-0.3, -0.25) is 4.79 Å². The van der Waals surface area contributed by atoms with Gasteiger partial charge in [0.1, 0.15) is 17.5 Å². The van der Waals surface area contributed by atoms with Gasteiger partial charge in [-0.05, 0) is 61.3 Å². The number of hydrogen-bond acceptors (Lipinski definition) is 3. The van der Waals surface area contributed by atoms with E-state index in [1.54, 1.807) is 32.9 Å². The van der Waals surface area contributed by atoms with Crippen molar-refractivity contribution in [1.29, 1.82) is 0 Å². The van der Waals surface area contributed by atoms with E-state index >= 15 is 0 Å². The van der Waals surface area contributed by atoms with Crippen LogP contribution >= 0.6 is 15.9 Å². The van der Waals surface area contributed by atoms with Gasteiger partial charge in [0.25, 0.3) is 0 Å². The van der Waals surface area contributed by atoms with Crippen molar-refractivity contribution in [2.45, 2.75) is 38.8 Å². The van der Waals surface area contributed by atoms with E-state index in [0.717, 1.165) is 0 Å². The summed E-state index contributed by atoms with van der Waals surface area (Å²) in [5.41, 5.74) is -0.153. The third kappa shape index (κ3) is 3.97. The molecule has 1 aromatic carbocycles. The van der Waals surface area contributed by atoms with E-state index in [2.05, 4.69) is 21.2 Å². The maximum absolute atomic E-state index is 13.6. The molecule has 1 fully saturated rings. The van der Waals surface area contributed by atoms with Crippen LogP contribution in [0.2, 0.25) is 0 Å². The number of nitrogens with zero attached hydrogens (tertiary/aromatic N) is 1. The van der Waals surface area contributed by atoms with Gasteiger partial charge in [-0.25, -0.2) is 9.18 Å². The smallest absolute Gasteiger partial charge is 0.408 e. The Labute approximate surface area is 136 Å². The molecule has 2 rings (SSSR count). The fourth-order valence-electron chi connectivity index (χ4n) is 2.17. The maximum atomic E-state index is 13.6. The van der Waals surface area contributed by atoms with Crippen molar-refractivity contribution >= 4 is 33.6 Å². The van der Waals surface area contributed by atoms with Crippen molar-refractivity contribution in [1.82, 2.24) is 5.32 Å². The molecule has 1 saturated heterocycles. The standard InChI is InChI=1S/C15H18BrFN2O3/c1-15(2,3)22-14(21)18-12-6-7-19(13(12)20)9-4-5-10(16)11(17)8-9/h4-5,8,12H,6-7H2,1-3H3,(H,18,21). The van der Waals surface area contributed by atoms with E-state index in [4.69, 9.17) is 4.74 Å². The van der Waals surface area contributed by atoms with Crippen LogP contribution < -0.4 is 10.2 Å². The molecule has 1 aliphatic heterocycles. The second-order valence-corrected chi connectivity index (χ2v) is 6.93. The largest absolute Gasteiger partial charge is 0.444 e. The topological polar surface area (TPSA) is 58.6 Å². The minimum absolute atomic E-state index is 0.271. The first-order chi connectivity index (χ1) is 10.2. The van der Waals surface area contributed by atoms with E-state index in [-0.39, 0.29) is 5.91 Å². The molecule has 5 nitrogen and oxygen atoms in total. The molecule has 0 bridgehead atoms. The van der Waals surface area contributed by atoms with Crippen molar-refractivity contribution in [2.24, 2.45) is 0 Å². The number of anilines is 1. The minimum atomic E-state index is -0.651. The molecule has 1 unspecified atom stereocenters. The number of alkyl carbamates (subject to hydrolysis) is 1. The maximum Gasteiger partial charge on any atom is 0.408 e. The lowest BCUT2D eigenvalue weighted by molar-refractivity contribution is -0.118. The molecule has 0 spiro atoms. The fourth-order valence-corrected chi connectivity index (χ4v) is 2.42. The first-order valence-electron chi connectivity index (χ1n) is 6.93. The summed E-state index contributed by atoms with van der Waals surface area (Å²) in [7, 11) is 0. The number of benzene rings is 1. The van der Waals surface area contributed by atoms with Crippen LogP contribution in [0, 0.1) is 5.82 Å². The van der Waals surface area contributed by atoms with Crippen LogP contribution in [-0.4, -0.2) is 30.2 Å². The number of nitrogens with one attached hydrogen (secondary N) is 1. The van der Waals surface area contributed by atoms with E-state index in [1.165, 1.54) is 11.0 Å². The Balaban J connectivity index is 2.03. The zero-order chi connectivity index (χ0) is 16.5. The van der Waals surface area contributed by atoms with E-state index in [1.807, 2.05) is 0 Å². The van der Waals surface area contributed by atoms with E-state index < -0.39 is 23.6 Å². The Morgan fingerprint density at radius 2 is 2.14 bits per heavy atom. The summed E-state index contributed by atoms with van der Waals surface area (Å²) in [6.07, 6.45) is -0.176. The van der Waals surface area contributed by atoms with Gasteiger partial charge in [-0.1, -0.05) is 0 Å². The summed E-state index contributed by atoms with van der Waals surface area (Å²) in [4.78, 5) is 25.5. The predicted octanol–water partition coefficient (Wildman–Crippen LogP) is 3.22. The molecule has 2 amide bonds. The highest BCUT2D eigenvalue weighted by atomic mass is 79.9. The Kier molecular flexibility index (Phi) is 4.75. The first-order valence-corrected chi connectivity index (χ1v) is 7.72. The quantitative estimate of drug-likeness (QED) is 0.866. The molecule has 120 valence electrons. The molecule has 0 radical (unpaired) electrons. The third-order valence-electron chi connectivity index (χ3n) is 3.11. The van der Waals surface area contributed by atoms with Crippen LogP contribution in [0.3, 0.4) is 0 Å². The van der Waals surface area contributed by atoms with Crippen molar-refractivity contribution < 1.29 is 18.7 Å². The summed E-state index contributed by atoms with van der Waals surface area (Å²) in [5.74, 6) is -0.707. The molecule has 1 heterocycles. The molecule has 22 heavy (non-hydrogen) atoms. The number of carbonyl (C=O) groups is 2. The van der Waals surface area contributed by atoms with E-state index in [9.17, 15) is 14.0 Å². The predicted molar refractivity (Wildman–Crippen MR) is 84.2 cm³/mol. The normalized spacial score (nSPS) is 18.5. The van der Waals surface area contributed by atoms with Crippen LogP contribution in [0.25, 0.3) is 0 Å². The summed E-state index contributed by atoms with van der Waals surface area (Å²) >= 11 is 3.07. The lowest BCUT2D eigenvalue weighted by atomic mass is 10.2. The molecule has 0 saturated carbocycles. The average Bonchev–Trinajstić information content (AvgIpc) is 2.72. The number of hydrogen-bond donors (Lipinski definition) is 1. The number of ether oxygens (including phenoxy) is 1. The van der Waals surface area contributed by atoms with Gasteiger partial charge < -0.3 is 15.0 Å². The lowest BCUT2D eigenvalue weighted by Crippen LogP contribution is -2.43. The summed E-state index contributed by atoms with van der Waals surface area (Å²) in [5, 5.41) is 2.56. The minimum Gasteiger partial charge on any atom is -0.444 e. The molecule has 1 aromatic rings. The van der Waals surface area contributed by atoms with Gasteiger partial charge in [-0.2, -0.15) is 0 Å². The van der Waals surface area contributed by atoms with Crippen molar-refractivity contribution in [3.63, 3.8) is 0 Å². The van der Waals surface area contributed by atoms with Crippen molar-refractivity contribution in [3.05, 3.63) is 28.5 Å². The highest BCUT2D eigenvalue weighted by Crippen LogP contribution is 2.26. The fraction of sp³-hybridized carbons (Fsp3) is 0.467. The van der Waals surface area contributed by atoms with Gasteiger partial charge in [-0.15, -0.1) is 0 Å². The Morgan fingerprint density at radius 1 is 1.45 bits per heavy atom. The SMILES string of the molecule is CC(C)(C)OC(=O)NC1CCN(c2ccc(Br)c(F)c2)C1=O. The molecule has 7 heteroatoms. The molecule has 1 N–H and O–H groups in total. The first kappa shape index (κ1) is 16.7. The molecule has 1 aliphatic rings. The van der Waals surface area contributed by atoms with E-state index in [0.29, 0.717) is 23.1 Å². The van der Waals surface area contributed by atoms with Crippen molar-refractivity contribution in [2.75, 3.05) is 11.4 Å². The summed E-state index contributed by atoms with van der Waals surface area (Å²) < 4.78 is 19.1. The van der Waals surface area contributed by atoms with Gasteiger partial charge in [0.2, 0.25) is 5.91 Å². The number of carbonyl (C=O) groups excluding carboxylic acids is 2. The van der Waals surface area contributed by atoms with Crippen LogP contribution in [0.5, 0.6) is 0 Å². The summed E-state index contributed by atoms with van der Waals surface area (Å²) in [6.45, 7) is 5.67. The number of rotatable bonds is 2. The Morgan fingerprint density at radius 3 is 2.73 bits per heavy atom. The van der Waals surface area contributed by atoms with Crippen LogP contribution in [-0.2, 0) is 9.53 Å². The second-order valence-electron chi connectivity index (χ2n) is 6.08. The highest BCUT2D eigenvalue weighted by molar-refractivity contribution is 9.10. The number of halogens is 2. The van der Waals surface area contributed by atoms with Gasteiger partial charge in [0.15, 0.2) is 0 Å².